The quantitative estimate of drug-likeness (QED) is 0.781. The number of urea groups is 1. The number of hydrogen-bond donors (Lipinski definition) is 3. The number of pyridine rings is 1. The number of aryl methyl sites for hydroxylation is 1. The third-order valence-electron chi connectivity index (χ3n) is 4.88. The summed E-state index contributed by atoms with van der Waals surface area (Å²) in [6, 6.07) is 11.7. The fraction of sp³-hybridized carbons (Fsp3) is 0.400. The first-order chi connectivity index (χ1) is 12.1. The van der Waals surface area contributed by atoms with Gasteiger partial charge in [-0.3, -0.25) is 4.79 Å². The van der Waals surface area contributed by atoms with E-state index in [2.05, 4.69) is 27.8 Å². The monoisotopic (exact) mass is 339 g/mol. The Bertz CT molecular complexity index is 764. The van der Waals surface area contributed by atoms with Crippen molar-refractivity contribution in [3.63, 3.8) is 0 Å². The number of rotatable bonds is 5. The van der Waals surface area contributed by atoms with Crippen LogP contribution >= 0.6 is 0 Å². The van der Waals surface area contributed by atoms with Gasteiger partial charge in [0, 0.05) is 18.3 Å². The number of H-pyrrole nitrogens is 1. The molecule has 0 spiro atoms. The number of aromatic nitrogens is 1. The fourth-order valence-electron chi connectivity index (χ4n) is 3.58. The van der Waals surface area contributed by atoms with E-state index >= 15 is 0 Å². The van der Waals surface area contributed by atoms with Gasteiger partial charge in [-0.05, 0) is 42.9 Å². The summed E-state index contributed by atoms with van der Waals surface area (Å²) in [4.78, 5) is 26.9. The van der Waals surface area contributed by atoms with E-state index in [1.165, 1.54) is 12.8 Å². The summed E-state index contributed by atoms with van der Waals surface area (Å²) >= 11 is 0. The van der Waals surface area contributed by atoms with Crippen molar-refractivity contribution >= 4 is 6.03 Å². The first-order valence-electron chi connectivity index (χ1n) is 8.91. The van der Waals surface area contributed by atoms with E-state index in [-0.39, 0.29) is 24.2 Å². The molecule has 0 aliphatic heterocycles. The summed E-state index contributed by atoms with van der Waals surface area (Å²) in [7, 11) is 0. The van der Waals surface area contributed by atoms with Gasteiger partial charge in [0.05, 0.1) is 6.04 Å². The van der Waals surface area contributed by atoms with Gasteiger partial charge in [-0.1, -0.05) is 43.2 Å². The van der Waals surface area contributed by atoms with Crippen LogP contribution in [0.2, 0.25) is 0 Å². The molecule has 1 fully saturated rings. The van der Waals surface area contributed by atoms with Gasteiger partial charge in [-0.15, -0.1) is 0 Å². The lowest BCUT2D eigenvalue weighted by Crippen LogP contribution is -2.40. The molecule has 1 atom stereocenters. The molecule has 0 bridgehead atoms. The summed E-state index contributed by atoms with van der Waals surface area (Å²) < 4.78 is 0. The number of benzene rings is 1. The van der Waals surface area contributed by atoms with E-state index in [0.29, 0.717) is 11.5 Å². The van der Waals surface area contributed by atoms with Gasteiger partial charge in [0.15, 0.2) is 0 Å². The summed E-state index contributed by atoms with van der Waals surface area (Å²) in [5.41, 5.74) is 2.50. The number of aromatic amines is 1. The van der Waals surface area contributed by atoms with Crippen molar-refractivity contribution in [1.82, 2.24) is 15.6 Å². The van der Waals surface area contributed by atoms with Crippen LogP contribution in [0.5, 0.6) is 0 Å². The topological polar surface area (TPSA) is 74.0 Å². The van der Waals surface area contributed by atoms with Crippen molar-refractivity contribution in [2.24, 2.45) is 5.92 Å². The first kappa shape index (κ1) is 17.3. The predicted octanol–water partition coefficient (Wildman–Crippen LogP) is 3.41. The Kier molecular flexibility index (Phi) is 5.53. The van der Waals surface area contributed by atoms with Crippen LogP contribution in [0.4, 0.5) is 4.79 Å². The molecule has 3 rings (SSSR count). The van der Waals surface area contributed by atoms with E-state index in [4.69, 9.17) is 0 Å². The van der Waals surface area contributed by atoms with E-state index in [1.807, 2.05) is 25.1 Å². The largest absolute Gasteiger partial charge is 0.334 e. The van der Waals surface area contributed by atoms with Crippen LogP contribution in [0.1, 0.15) is 48.4 Å². The van der Waals surface area contributed by atoms with Gasteiger partial charge < -0.3 is 15.6 Å². The summed E-state index contributed by atoms with van der Waals surface area (Å²) in [6.07, 6.45) is 6.37. The minimum Gasteiger partial charge on any atom is -0.334 e. The predicted molar refractivity (Wildman–Crippen MR) is 98.3 cm³/mol. The van der Waals surface area contributed by atoms with Gasteiger partial charge in [-0.2, -0.15) is 0 Å². The van der Waals surface area contributed by atoms with Crippen molar-refractivity contribution in [2.75, 3.05) is 0 Å². The Morgan fingerprint density at radius 2 is 1.96 bits per heavy atom. The number of carbonyl (C=O) groups is 1. The Morgan fingerprint density at radius 1 is 1.24 bits per heavy atom. The molecular weight excluding hydrogens is 314 g/mol. The van der Waals surface area contributed by atoms with Gasteiger partial charge in [0.2, 0.25) is 0 Å². The fourth-order valence-corrected chi connectivity index (χ4v) is 3.58. The van der Waals surface area contributed by atoms with Crippen molar-refractivity contribution in [3.8, 4) is 0 Å². The minimum absolute atomic E-state index is 0.0134. The zero-order chi connectivity index (χ0) is 17.6. The normalized spacial score (nSPS) is 15.7. The maximum atomic E-state index is 12.4. The van der Waals surface area contributed by atoms with Crippen LogP contribution in [0.15, 0.2) is 47.4 Å². The highest BCUT2D eigenvalue weighted by Gasteiger charge is 2.27. The van der Waals surface area contributed by atoms with Crippen LogP contribution in [-0.2, 0) is 6.54 Å². The lowest BCUT2D eigenvalue weighted by Gasteiger charge is -2.25. The molecule has 5 heteroatoms. The Morgan fingerprint density at radius 3 is 2.68 bits per heavy atom. The van der Waals surface area contributed by atoms with Crippen LogP contribution in [0.3, 0.4) is 0 Å². The Balaban J connectivity index is 1.66. The van der Waals surface area contributed by atoms with Crippen LogP contribution in [0, 0.1) is 12.8 Å². The van der Waals surface area contributed by atoms with E-state index in [9.17, 15) is 9.59 Å². The minimum atomic E-state index is -0.235. The average Bonchev–Trinajstić information content (AvgIpc) is 3.15. The van der Waals surface area contributed by atoms with Crippen molar-refractivity contribution in [3.05, 3.63) is 69.6 Å². The zero-order valence-corrected chi connectivity index (χ0v) is 14.5. The summed E-state index contributed by atoms with van der Waals surface area (Å²) in [5.74, 6) is 0.468. The molecule has 1 saturated carbocycles. The third-order valence-corrected chi connectivity index (χ3v) is 4.88. The standard InChI is InChI=1S/C20H25N3O2/c1-14-11-17(19(24)21-12-14)13-22-20(25)23-18(16-9-5-6-10-16)15-7-3-2-4-8-15/h2-4,7-8,11-12,16,18H,5-6,9-10,13H2,1H3,(H,21,24)(H2,22,23,25). The maximum Gasteiger partial charge on any atom is 0.315 e. The van der Waals surface area contributed by atoms with E-state index in [0.717, 1.165) is 24.0 Å². The third kappa shape index (κ3) is 4.50. The summed E-state index contributed by atoms with van der Waals surface area (Å²) in [5, 5.41) is 5.94. The molecule has 25 heavy (non-hydrogen) atoms. The Hall–Kier alpha value is -2.56. The van der Waals surface area contributed by atoms with Crippen LogP contribution in [0.25, 0.3) is 0 Å². The molecule has 0 radical (unpaired) electrons. The average molecular weight is 339 g/mol. The molecule has 1 unspecified atom stereocenters. The number of carbonyl (C=O) groups excluding carboxylic acids is 1. The second-order valence-electron chi connectivity index (χ2n) is 6.79. The molecule has 1 aliphatic rings. The van der Waals surface area contributed by atoms with E-state index < -0.39 is 0 Å². The molecular formula is C20H25N3O2. The molecule has 132 valence electrons. The lowest BCUT2D eigenvalue weighted by molar-refractivity contribution is 0.230. The second-order valence-corrected chi connectivity index (χ2v) is 6.79. The number of amides is 2. The molecule has 1 aromatic heterocycles. The lowest BCUT2D eigenvalue weighted by atomic mass is 9.92. The van der Waals surface area contributed by atoms with Crippen molar-refractivity contribution in [1.29, 1.82) is 0 Å². The smallest absolute Gasteiger partial charge is 0.315 e. The molecule has 0 saturated heterocycles. The molecule has 1 aliphatic carbocycles. The second kappa shape index (κ2) is 8.01. The van der Waals surface area contributed by atoms with E-state index in [1.54, 1.807) is 12.3 Å². The maximum absolute atomic E-state index is 12.4. The van der Waals surface area contributed by atoms with Gasteiger partial charge in [0.25, 0.3) is 5.56 Å². The first-order valence-corrected chi connectivity index (χ1v) is 8.91. The molecule has 5 nitrogen and oxygen atoms in total. The molecule has 1 aromatic carbocycles. The molecule has 2 amide bonds. The van der Waals surface area contributed by atoms with Gasteiger partial charge in [0.1, 0.15) is 0 Å². The van der Waals surface area contributed by atoms with Crippen molar-refractivity contribution < 1.29 is 4.79 Å². The molecule has 1 heterocycles. The SMILES string of the molecule is Cc1c[nH]c(=O)c(CNC(=O)NC(c2ccccc2)C2CCCC2)c1. The highest BCUT2D eigenvalue weighted by Crippen LogP contribution is 2.35. The van der Waals surface area contributed by atoms with Gasteiger partial charge in [-0.25, -0.2) is 4.79 Å². The molecule has 2 aromatic rings. The highest BCUT2D eigenvalue weighted by molar-refractivity contribution is 5.74. The molecule has 3 N–H and O–H groups in total. The highest BCUT2D eigenvalue weighted by atomic mass is 16.2. The zero-order valence-electron chi connectivity index (χ0n) is 14.5. The Labute approximate surface area is 147 Å². The summed E-state index contributed by atoms with van der Waals surface area (Å²) in [6.45, 7) is 2.13. The number of hydrogen-bond acceptors (Lipinski definition) is 2. The van der Waals surface area contributed by atoms with Crippen molar-refractivity contribution in [2.45, 2.75) is 45.2 Å². The number of nitrogens with one attached hydrogen (secondary N) is 3. The van der Waals surface area contributed by atoms with Crippen LogP contribution in [-0.4, -0.2) is 11.0 Å². The van der Waals surface area contributed by atoms with Gasteiger partial charge >= 0.3 is 6.03 Å². The van der Waals surface area contributed by atoms with Crippen LogP contribution < -0.4 is 16.2 Å².